The minimum absolute atomic E-state index is 0.307. The van der Waals surface area contributed by atoms with E-state index in [1.807, 2.05) is 30.1 Å². The van der Waals surface area contributed by atoms with Gasteiger partial charge in [-0.05, 0) is 35.9 Å². The first kappa shape index (κ1) is 16.0. The molecule has 0 N–H and O–H groups in total. The Balaban J connectivity index is 1.93. The van der Waals surface area contributed by atoms with Crippen LogP contribution in [0.2, 0.25) is 0 Å². The van der Waals surface area contributed by atoms with Crippen molar-refractivity contribution in [2.75, 3.05) is 26.2 Å². The van der Waals surface area contributed by atoms with Crippen molar-refractivity contribution >= 4 is 16.7 Å². The Morgan fingerprint density at radius 1 is 1.00 bits per heavy atom. The summed E-state index contributed by atoms with van der Waals surface area (Å²) in [5.74, 6) is 1.72. The highest BCUT2D eigenvalue weighted by molar-refractivity contribution is 5.89. The van der Waals surface area contributed by atoms with Crippen LogP contribution in [0.15, 0.2) is 42.7 Å². The molecule has 1 heterocycles. The Morgan fingerprint density at radius 3 is 2.54 bits per heavy atom. The molecule has 0 unspecified atom stereocenters. The number of benzene rings is 2. The maximum absolute atomic E-state index is 13.6. The zero-order valence-corrected chi connectivity index (χ0v) is 13.8. The van der Waals surface area contributed by atoms with Gasteiger partial charge in [-0.25, -0.2) is 14.4 Å². The summed E-state index contributed by atoms with van der Waals surface area (Å²) in [6.45, 7) is 0.586. The number of nitrogens with zero attached hydrogens (tertiary/aromatic N) is 3. The Hall–Kier alpha value is -2.89. The molecule has 0 bridgehead atoms. The van der Waals surface area contributed by atoms with E-state index < -0.39 is 0 Å². The number of rotatable bonds is 5. The van der Waals surface area contributed by atoms with E-state index in [-0.39, 0.29) is 5.82 Å². The van der Waals surface area contributed by atoms with E-state index in [1.165, 1.54) is 18.5 Å². The van der Waals surface area contributed by atoms with Crippen molar-refractivity contribution in [3.05, 3.63) is 54.1 Å². The number of hydrogen-bond donors (Lipinski definition) is 0. The molecule has 0 spiro atoms. The predicted molar refractivity (Wildman–Crippen MR) is 91.1 cm³/mol. The molecule has 0 radical (unpaired) electrons. The lowest BCUT2D eigenvalue weighted by Crippen LogP contribution is -2.18. The number of hydrogen-bond acceptors (Lipinski definition) is 5. The standard InChI is InChI=1S/C18H18FN3O2/c1-22(10-12-4-7-16(23-2)17(8-12)24-3)18-14-9-13(19)5-6-15(14)20-11-21-18/h4-9,11H,10H2,1-3H3. The molecule has 0 aliphatic carbocycles. The monoisotopic (exact) mass is 327 g/mol. The second kappa shape index (κ2) is 6.70. The average Bonchev–Trinajstić information content (AvgIpc) is 2.60. The number of halogens is 1. The van der Waals surface area contributed by atoms with Crippen LogP contribution in [0.5, 0.6) is 11.5 Å². The van der Waals surface area contributed by atoms with Crippen LogP contribution >= 0.6 is 0 Å². The predicted octanol–water partition coefficient (Wildman–Crippen LogP) is 3.42. The molecule has 5 nitrogen and oxygen atoms in total. The summed E-state index contributed by atoms with van der Waals surface area (Å²) >= 11 is 0. The molecule has 0 atom stereocenters. The SMILES string of the molecule is COc1ccc(CN(C)c2ncnc3ccc(F)cc23)cc1OC. The molecule has 3 rings (SSSR count). The van der Waals surface area contributed by atoms with Crippen molar-refractivity contribution in [1.82, 2.24) is 9.97 Å². The third kappa shape index (κ3) is 3.08. The second-order valence-electron chi connectivity index (χ2n) is 5.40. The van der Waals surface area contributed by atoms with Crippen molar-refractivity contribution in [3.8, 4) is 11.5 Å². The normalized spacial score (nSPS) is 10.7. The summed E-state index contributed by atoms with van der Waals surface area (Å²) in [7, 11) is 5.11. The van der Waals surface area contributed by atoms with Crippen LogP contribution in [0, 0.1) is 5.82 Å². The van der Waals surface area contributed by atoms with E-state index >= 15 is 0 Å². The van der Waals surface area contributed by atoms with Crippen LogP contribution in [-0.2, 0) is 6.54 Å². The molecule has 1 aromatic heterocycles. The molecule has 2 aromatic carbocycles. The third-order valence-electron chi connectivity index (χ3n) is 3.81. The number of anilines is 1. The van der Waals surface area contributed by atoms with Crippen molar-refractivity contribution < 1.29 is 13.9 Å². The van der Waals surface area contributed by atoms with Gasteiger partial charge in [-0.2, -0.15) is 0 Å². The van der Waals surface area contributed by atoms with Crippen LogP contribution in [0.1, 0.15) is 5.56 Å². The highest BCUT2D eigenvalue weighted by Gasteiger charge is 2.12. The fraction of sp³-hybridized carbons (Fsp3) is 0.222. The van der Waals surface area contributed by atoms with Crippen molar-refractivity contribution in [3.63, 3.8) is 0 Å². The van der Waals surface area contributed by atoms with Crippen LogP contribution in [0.4, 0.5) is 10.2 Å². The van der Waals surface area contributed by atoms with Gasteiger partial charge in [0.05, 0.1) is 19.7 Å². The molecule has 0 fully saturated rings. The number of aromatic nitrogens is 2. The lowest BCUT2D eigenvalue weighted by Gasteiger charge is -2.20. The maximum Gasteiger partial charge on any atom is 0.161 e. The Bertz CT molecular complexity index is 870. The molecule has 0 saturated heterocycles. The topological polar surface area (TPSA) is 47.5 Å². The molecule has 124 valence electrons. The fourth-order valence-corrected chi connectivity index (χ4v) is 2.65. The highest BCUT2D eigenvalue weighted by Crippen LogP contribution is 2.29. The molecule has 0 amide bonds. The van der Waals surface area contributed by atoms with E-state index in [4.69, 9.17) is 9.47 Å². The van der Waals surface area contributed by atoms with Crippen LogP contribution < -0.4 is 14.4 Å². The zero-order chi connectivity index (χ0) is 17.1. The summed E-state index contributed by atoms with van der Waals surface area (Å²) in [6, 6.07) is 10.2. The summed E-state index contributed by atoms with van der Waals surface area (Å²) < 4.78 is 24.2. The van der Waals surface area contributed by atoms with Gasteiger partial charge in [-0.3, -0.25) is 0 Å². The molecule has 0 saturated carbocycles. The van der Waals surface area contributed by atoms with E-state index in [2.05, 4.69) is 9.97 Å². The van der Waals surface area contributed by atoms with Gasteiger partial charge in [0.1, 0.15) is 18.0 Å². The lowest BCUT2D eigenvalue weighted by atomic mass is 10.1. The van der Waals surface area contributed by atoms with E-state index in [1.54, 1.807) is 20.3 Å². The fourth-order valence-electron chi connectivity index (χ4n) is 2.65. The van der Waals surface area contributed by atoms with Crippen molar-refractivity contribution in [2.24, 2.45) is 0 Å². The summed E-state index contributed by atoms with van der Waals surface area (Å²) in [5, 5.41) is 0.681. The highest BCUT2D eigenvalue weighted by atomic mass is 19.1. The second-order valence-corrected chi connectivity index (χ2v) is 5.40. The molecule has 3 aromatic rings. The van der Waals surface area contributed by atoms with Gasteiger partial charge in [-0.15, -0.1) is 0 Å². The summed E-state index contributed by atoms with van der Waals surface area (Å²) in [5.41, 5.74) is 1.74. The number of fused-ring (bicyclic) bond motifs is 1. The number of methoxy groups -OCH3 is 2. The molecule has 0 aliphatic rings. The molecular formula is C18H18FN3O2. The smallest absolute Gasteiger partial charge is 0.161 e. The van der Waals surface area contributed by atoms with Crippen molar-refractivity contribution in [1.29, 1.82) is 0 Å². The van der Waals surface area contributed by atoms with E-state index in [9.17, 15) is 4.39 Å². The minimum Gasteiger partial charge on any atom is -0.493 e. The van der Waals surface area contributed by atoms with E-state index in [0.717, 1.165) is 5.56 Å². The van der Waals surface area contributed by atoms with Gasteiger partial charge in [-0.1, -0.05) is 6.07 Å². The van der Waals surface area contributed by atoms with Crippen LogP contribution in [0.3, 0.4) is 0 Å². The van der Waals surface area contributed by atoms with Gasteiger partial charge >= 0.3 is 0 Å². The number of ether oxygens (including phenoxy) is 2. The summed E-state index contributed by atoms with van der Waals surface area (Å²) in [6.07, 6.45) is 1.49. The van der Waals surface area contributed by atoms with Crippen molar-refractivity contribution in [2.45, 2.75) is 6.54 Å². The van der Waals surface area contributed by atoms with Gasteiger partial charge in [0.15, 0.2) is 11.5 Å². The van der Waals surface area contributed by atoms with Crippen LogP contribution in [-0.4, -0.2) is 31.2 Å². The molecule has 6 heteroatoms. The maximum atomic E-state index is 13.6. The first-order valence-corrected chi connectivity index (χ1v) is 7.44. The summed E-state index contributed by atoms with van der Waals surface area (Å²) in [4.78, 5) is 10.4. The van der Waals surface area contributed by atoms with Gasteiger partial charge in [0.2, 0.25) is 0 Å². The molecular weight excluding hydrogens is 309 g/mol. The lowest BCUT2D eigenvalue weighted by molar-refractivity contribution is 0.354. The zero-order valence-electron chi connectivity index (χ0n) is 13.8. The Labute approximate surface area is 139 Å². The van der Waals surface area contributed by atoms with E-state index in [0.29, 0.717) is 34.8 Å². The minimum atomic E-state index is -0.307. The largest absolute Gasteiger partial charge is 0.493 e. The first-order valence-electron chi connectivity index (χ1n) is 7.44. The molecule has 0 aliphatic heterocycles. The van der Waals surface area contributed by atoms with Gasteiger partial charge in [0, 0.05) is 19.0 Å². The molecule has 24 heavy (non-hydrogen) atoms. The third-order valence-corrected chi connectivity index (χ3v) is 3.81. The van der Waals surface area contributed by atoms with Gasteiger partial charge < -0.3 is 14.4 Å². The van der Waals surface area contributed by atoms with Gasteiger partial charge in [0.25, 0.3) is 0 Å². The Morgan fingerprint density at radius 2 is 1.79 bits per heavy atom. The average molecular weight is 327 g/mol. The quantitative estimate of drug-likeness (QED) is 0.718. The van der Waals surface area contributed by atoms with Crippen LogP contribution in [0.25, 0.3) is 10.9 Å². The first-order chi connectivity index (χ1) is 11.6. The Kier molecular flexibility index (Phi) is 4.46.